The normalized spacial score (nSPS) is 11.5. The Morgan fingerprint density at radius 2 is 2.38 bits per heavy atom. The number of aliphatic imine (C=N–C) groups is 1. The average molecular weight is 178 g/mol. The van der Waals surface area contributed by atoms with Crippen LogP contribution in [0.4, 0.5) is 0 Å². The Bertz CT molecular complexity index is 332. The zero-order valence-corrected chi connectivity index (χ0v) is 7.52. The first kappa shape index (κ1) is 9.42. The molecule has 0 saturated carbocycles. The van der Waals surface area contributed by atoms with Crippen molar-refractivity contribution in [1.82, 2.24) is 4.98 Å². The predicted octanol–water partition coefficient (Wildman–Crippen LogP) is 1.49. The van der Waals surface area contributed by atoms with Gasteiger partial charge >= 0.3 is 0 Å². The highest BCUT2D eigenvalue weighted by atomic mass is 16.5. The first-order chi connectivity index (χ1) is 6.27. The smallest absolute Gasteiger partial charge is 0.235 e. The molecule has 0 spiro atoms. The van der Waals surface area contributed by atoms with E-state index in [9.17, 15) is 4.79 Å². The summed E-state index contributed by atoms with van der Waals surface area (Å²) in [6.07, 6.45) is 1.50. The largest absolute Gasteiger partial charge is 0.481 e. The summed E-state index contributed by atoms with van der Waals surface area (Å²) in [5, 5.41) is 0. The highest BCUT2D eigenvalue weighted by Crippen LogP contribution is 2.16. The first-order valence-electron chi connectivity index (χ1n) is 3.86. The summed E-state index contributed by atoms with van der Waals surface area (Å²) in [6.45, 7) is 1.77. The van der Waals surface area contributed by atoms with Crippen LogP contribution < -0.4 is 4.74 Å². The summed E-state index contributed by atoms with van der Waals surface area (Å²) < 4.78 is 4.93. The Morgan fingerprint density at radius 1 is 1.62 bits per heavy atom. The van der Waals surface area contributed by atoms with Gasteiger partial charge in [-0.25, -0.2) is 9.78 Å². The van der Waals surface area contributed by atoms with E-state index in [-0.39, 0.29) is 6.04 Å². The van der Waals surface area contributed by atoms with Crippen LogP contribution in [-0.2, 0) is 4.79 Å². The number of aromatic nitrogens is 1. The maximum atomic E-state index is 9.99. The van der Waals surface area contributed by atoms with Crippen LogP contribution >= 0.6 is 0 Å². The van der Waals surface area contributed by atoms with E-state index in [0.29, 0.717) is 11.6 Å². The topological polar surface area (TPSA) is 51.5 Å². The van der Waals surface area contributed by atoms with E-state index in [2.05, 4.69) is 9.98 Å². The number of pyridine rings is 1. The standard InChI is InChI=1S/C9H10N2O2/c1-7(10-6-12)8-4-3-5-9(11-8)13-2/h3-5,7H,1-2H3. The minimum Gasteiger partial charge on any atom is -0.481 e. The highest BCUT2D eigenvalue weighted by Gasteiger charge is 2.05. The Labute approximate surface area is 76.3 Å². The third kappa shape index (κ3) is 2.39. The summed E-state index contributed by atoms with van der Waals surface area (Å²) in [4.78, 5) is 17.7. The lowest BCUT2D eigenvalue weighted by atomic mass is 10.2. The molecule has 13 heavy (non-hydrogen) atoms. The molecule has 0 aromatic carbocycles. The number of hydrogen-bond donors (Lipinski definition) is 0. The average Bonchev–Trinajstić information content (AvgIpc) is 2.18. The zero-order chi connectivity index (χ0) is 9.68. The molecule has 4 nitrogen and oxygen atoms in total. The second kappa shape index (κ2) is 4.38. The summed E-state index contributed by atoms with van der Waals surface area (Å²) in [5.41, 5.74) is 0.697. The van der Waals surface area contributed by atoms with Crippen molar-refractivity contribution in [2.45, 2.75) is 13.0 Å². The minimum absolute atomic E-state index is 0.271. The van der Waals surface area contributed by atoms with Gasteiger partial charge in [-0.3, -0.25) is 0 Å². The first-order valence-corrected chi connectivity index (χ1v) is 3.86. The molecule has 0 N–H and O–H groups in total. The van der Waals surface area contributed by atoms with Crippen molar-refractivity contribution in [3.05, 3.63) is 23.9 Å². The third-order valence-electron chi connectivity index (χ3n) is 1.63. The molecule has 1 aromatic heterocycles. The van der Waals surface area contributed by atoms with Gasteiger partial charge in [0.05, 0.1) is 12.8 Å². The second-order valence-electron chi connectivity index (χ2n) is 2.50. The van der Waals surface area contributed by atoms with Crippen LogP contribution in [0, 0.1) is 0 Å². The second-order valence-corrected chi connectivity index (χ2v) is 2.50. The molecule has 68 valence electrons. The van der Waals surface area contributed by atoms with Crippen LogP contribution in [0.1, 0.15) is 18.7 Å². The van der Waals surface area contributed by atoms with Crippen LogP contribution in [0.15, 0.2) is 23.2 Å². The lowest BCUT2D eigenvalue weighted by Crippen LogP contribution is -1.95. The number of nitrogens with zero attached hydrogens (tertiary/aromatic N) is 2. The summed E-state index contributed by atoms with van der Waals surface area (Å²) in [6, 6.07) is 5.06. The van der Waals surface area contributed by atoms with Crippen LogP contribution in [0.25, 0.3) is 0 Å². The Balaban J connectivity index is 2.94. The number of hydrogen-bond acceptors (Lipinski definition) is 4. The van der Waals surface area contributed by atoms with Crippen LogP contribution in [0.2, 0.25) is 0 Å². The maximum Gasteiger partial charge on any atom is 0.235 e. The van der Waals surface area contributed by atoms with Crippen LogP contribution in [0.5, 0.6) is 5.88 Å². The van der Waals surface area contributed by atoms with Crippen molar-refractivity contribution >= 4 is 6.08 Å². The number of ether oxygens (including phenoxy) is 1. The van der Waals surface area contributed by atoms with E-state index in [4.69, 9.17) is 4.74 Å². The van der Waals surface area contributed by atoms with Gasteiger partial charge in [0.25, 0.3) is 0 Å². The van der Waals surface area contributed by atoms with Crippen molar-refractivity contribution in [3.63, 3.8) is 0 Å². The molecule has 0 saturated heterocycles. The summed E-state index contributed by atoms with van der Waals surface area (Å²) in [5.74, 6) is 0.519. The van der Waals surface area contributed by atoms with Gasteiger partial charge < -0.3 is 4.74 Å². The van der Waals surface area contributed by atoms with E-state index in [1.54, 1.807) is 32.2 Å². The fourth-order valence-corrected chi connectivity index (χ4v) is 0.922. The van der Waals surface area contributed by atoms with Gasteiger partial charge in [-0.05, 0) is 13.0 Å². The fourth-order valence-electron chi connectivity index (χ4n) is 0.922. The van der Waals surface area contributed by atoms with Gasteiger partial charge in [0.1, 0.15) is 6.04 Å². The quantitative estimate of drug-likeness (QED) is 0.520. The van der Waals surface area contributed by atoms with E-state index in [1.165, 1.54) is 6.08 Å². The van der Waals surface area contributed by atoms with Gasteiger partial charge in [-0.15, -0.1) is 0 Å². The molecule has 1 rings (SSSR count). The fraction of sp³-hybridized carbons (Fsp3) is 0.333. The molecule has 0 amide bonds. The summed E-state index contributed by atoms with van der Waals surface area (Å²) in [7, 11) is 1.54. The van der Waals surface area contributed by atoms with Crippen molar-refractivity contribution in [1.29, 1.82) is 0 Å². The van der Waals surface area contributed by atoms with E-state index >= 15 is 0 Å². The Kier molecular flexibility index (Phi) is 3.17. The van der Waals surface area contributed by atoms with Gasteiger partial charge in [0, 0.05) is 6.07 Å². The van der Waals surface area contributed by atoms with Crippen molar-refractivity contribution in [3.8, 4) is 5.88 Å². The molecule has 0 aliphatic rings. The lowest BCUT2D eigenvalue weighted by Gasteiger charge is -2.04. The molecule has 0 aliphatic carbocycles. The van der Waals surface area contributed by atoms with Crippen LogP contribution in [0.3, 0.4) is 0 Å². The molecule has 4 heteroatoms. The van der Waals surface area contributed by atoms with Crippen molar-refractivity contribution < 1.29 is 9.53 Å². The third-order valence-corrected chi connectivity index (χ3v) is 1.63. The number of isocyanates is 1. The molecule has 1 unspecified atom stereocenters. The molecule has 1 atom stereocenters. The molecular weight excluding hydrogens is 168 g/mol. The number of methoxy groups -OCH3 is 1. The SMILES string of the molecule is COc1cccc(C(C)N=C=O)n1. The molecule has 0 fully saturated rings. The van der Waals surface area contributed by atoms with Gasteiger partial charge in [-0.1, -0.05) is 6.07 Å². The molecule has 0 aliphatic heterocycles. The minimum atomic E-state index is -0.271. The lowest BCUT2D eigenvalue weighted by molar-refractivity contribution is 0.395. The van der Waals surface area contributed by atoms with Crippen molar-refractivity contribution in [2.24, 2.45) is 4.99 Å². The van der Waals surface area contributed by atoms with Gasteiger partial charge in [-0.2, -0.15) is 4.99 Å². The Morgan fingerprint density at radius 3 is 3.00 bits per heavy atom. The maximum absolute atomic E-state index is 9.99. The monoisotopic (exact) mass is 178 g/mol. The molecule has 0 radical (unpaired) electrons. The summed E-state index contributed by atoms with van der Waals surface area (Å²) >= 11 is 0. The van der Waals surface area contributed by atoms with Gasteiger partial charge in [0.2, 0.25) is 12.0 Å². The van der Waals surface area contributed by atoms with Crippen molar-refractivity contribution in [2.75, 3.05) is 7.11 Å². The number of carbonyl (C=O) groups excluding carboxylic acids is 1. The van der Waals surface area contributed by atoms with E-state index in [0.717, 1.165) is 0 Å². The Hall–Kier alpha value is -1.67. The zero-order valence-electron chi connectivity index (χ0n) is 7.52. The van der Waals surface area contributed by atoms with E-state index in [1.807, 2.05) is 0 Å². The highest BCUT2D eigenvalue weighted by molar-refractivity contribution is 5.34. The molecular formula is C9H10N2O2. The number of rotatable bonds is 3. The van der Waals surface area contributed by atoms with E-state index < -0.39 is 0 Å². The predicted molar refractivity (Wildman–Crippen MR) is 47.3 cm³/mol. The van der Waals surface area contributed by atoms with Gasteiger partial charge in [0.15, 0.2) is 0 Å². The molecule has 1 heterocycles. The molecule has 1 aromatic rings. The van der Waals surface area contributed by atoms with Crippen LogP contribution in [-0.4, -0.2) is 18.2 Å². The molecule has 0 bridgehead atoms.